The Labute approximate surface area is 129 Å². The topological polar surface area (TPSA) is 104 Å². The van der Waals surface area contributed by atoms with E-state index >= 15 is 0 Å². The van der Waals surface area contributed by atoms with E-state index < -0.39 is 10.7 Å². The SMILES string of the molecule is Nc1nc(COc2cc(F)ccc2[N+](=O)[O-])nc2ccccc12. The summed E-state index contributed by atoms with van der Waals surface area (Å²) in [4.78, 5) is 18.6. The van der Waals surface area contributed by atoms with Crippen LogP contribution in [0.4, 0.5) is 15.9 Å². The predicted molar refractivity (Wildman–Crippen MR) is 81.3 cm³/mol. The van der Waals surface area contributed by atoms with Crippen molar-refractivity contribution in [3.63, 3.8) is 0 Å². The number of nitro benzene ring substituents is 1. The fourth-order valence-corrected chi connectivity index (χ4v) is 2.11. The molecule has 2 aromatic carbocycles. The molecule has 8 heteroatoms. The highest BCUT2D eigenvalue weighted by Crippen LogP contribution is 2.28. The zero-order chi connectivity index (χ0) is 16.4. The van der Waals surface area contributed by atoms with E-state index in [1.54, 1.807) is 18.2 Å². The van der Waals surface area contributed by atoms with Crippen molar-refractivity contribution >= 4 is 22.4 Å². The second-order valence-electron chi connectivity index (χ2n) is 4.70. The van der Waals surface area contributed by atoms with Gasteiger partial charge in [-0.05, 0) is 18.2 Å². The number of fused-ring (bicyclic) bond motifs is 1. The van der Waals surface area contributed by atoms with Gasteiger partial charge >= 0.3 is 5.69 Å². The number of rotatable bonds is 4. The van der Waals surface area contributed by atoms with Crippen LogP contribution in [0.3, 0.4) is 0 Å². The molecule has 0 unspecified atom stereocenters. The van der Waals surface area contributed by atoms with Crippen LogP contribution < -0.4 is 10.5 Å². The Kier molecular flexibility index (Phi) is 3.71. The first kappa shape index (κ1) is 14.6. The summed E-state index contributed by atoms with van der Waals surface area (Å²) in [5.41, 5.74) is 6.15. The summed E-state index contributed by atoms with van der Waals surface area (Å²) < 4.78 is 18.6. The van der Waals surface area contributed by atoms with Gasteiger partial charge in [0.15, 0.2) is 11.6 Å². The van der Waals surface area contributed by atoms with Crippen molar-refractivity contribution in [2.45, 2.75) is 6.61 Å². The second-order valence-corrected chi connectivity index (χ2v) is 4.70. The molecule has 0 bridgehead atoms. The van der Waals surface area contributed by atoms with Gasteiger partial charge in [-0.3, -0.25) is 10.1 Å². The Balaban J connectivity index is 1.89. The van der Waals surface area contributed by atoms with Crippen molar-refractivity contribution in [2.75, 3.05) is 5.73 Å². The molecule has 0 radical (unpaired) electrons. The van der Waals surface area contributed by atoms with E-state index in [0.717, 1.165) is 18.2 Å². The monoisotopic (exact) mass is 314 g/mol. The summed E-state index contributed by atoms with van der Waals surface area (Å²) >= 11 is 0. The molecular formula is C15H11FN4O3. The Hall–Kier alpha value is -3.29. The van der Waals surface area contributed by atoms with Crippen LogP contribution >= 0.6 is 0 Å². The standard InChI is InChI=1S/C15H11FN4O3/c16-9-5-6-12(20(21)22)13(7-9)23-8-14-18-11-4-2-1-3-10(11)15(17)19-14/h1-7H,8H2,(H2,17,18,19). The number of ether oxygens (including phenoxy) is 1. The minimum atomic E-state index is -0.648. The summed E-state index contributed by atoms with van der Waals surface area (Å²) in [6, 6.07) is 10.2. The van der Waals surface area contributed by atoms with E-state index in [-0.39, 0.29) is 29.7 Å². The Morgan fingerprint density at radius 3 is 2.78 bits per heavy atom. The van der Waals surface area contributed by atoms with Crippen LogP contribution in [0.5, 0.6) is 5.75 Å². The molecule has 3 aromatic rings. The lowest BCUT2D eigenvalue weighted by atomic mass is 10.2. The number of nitro groups is 1. The zero-order valence-corrected chi connectivity index (χ0v) is 11.8. The number of aromatic nitrogens is 2. The molecule has 0 atom stereocenters. The normalized spacial score (nSPS) is 10.7. The molecular weight excluding hydrogens is 303 g/mol. The lowest BCUT2D eigenvalue weighted by Crippen LogP contribution is -2.06. The molecule has 0 aliphatic heterocycles. The van der Waals surface area contributed by atoms with E-state index in [2.05, 4.69) is 9.97 Å². The Morgan fingerprint density at radius 1 is 1.22 bits per heavy atom. The third kappa shape index (κ3) is 3.00. The first-order chi connectivity index (χ1) is 11.0. The molecule has 0 spiro atoms. The first-order valence-corrected chi connectivity index (χ1v) is 6.62. The quantitative estimate of drug-likeness (QED) is 0.586. The number of nitrogen functional groups attached to an aromatic ring is 1. The van der Waals surface area contributed by atoms with Gasteiger partial charge < -0.3 is 10.5 Å². The van der Waals surface area contributed by atoms with E-state index in [0.29, 0.717) is 10.9 Å². The Bertz CT molecular complexity index is 901. The summed E-state index contributed by atoms with van der Waals surface area (Å²) in [6.07, 6.45) is 0. The van der Waals surface area contributed by atoms with Crippen LogP contribution in [0.1, 0.15) is 5.82 Å². The number of para-hydroxylation sites is 1. The molecule has 1 heterocycles. The minimum absolute atomic E-state index is 0.167. The molecule has 0 aliphatic carbocycles. The van der Waals surface area contributed by atoms with Crippen LogP contribution in [0, 0.1) is 15.9 Å². The van der Waals surface area contributed by atoms with Crippen molar-refractivity contribution in [3.8, 4) is 5.75 Å². The van der Waals surface area contributed by atoms with Crippen LogP contribution in [-0.2, 0) is 6.61 Å². The van der Waals surface area contributed by atoms with Gasteiger partial charge in [0.2, 0.25) is 0 Å². The average molecular weight is 314 g/mol. The molecule has 1 aromatic heterocycles. The maximum atomic E-state index is 13.3. The third-order valence-electron chi connectivity index (χ3n) is 3.15. The Morgan fingerprint density at radius 2 is 2.00 bits per heavy atom. The van der Waals surface area contributed by atoms with Crippen LogP contribution in [0.15, 0.2) is 42.5 Å². The van der Waals surface area contributed by atoms with E-state index in [4.69, 9.17) is 10.5 Å². The zero-order valence-electron chi connectivity index (χ0n) is 11.8. The predicted octanol–water partition coefficient (Wildman–Crippen LogP) is 2.84. The fourth-order valence-electron chi connectivity index (χ4n) is 2.11. The van der Waals surface area contributed by atoms with Crippen LogP contribution in [0.2, 0.25) is 0 Å². The maximum Gasteiger partial charge on any atom is 0.311 e. The molecule has 0 aliphatic rings. The van der Waals surface area contributed by atoms with Gasteiger partial charge in [0.25, 0.3) is 0 Å². The lowest BCUT2D eigenvalue weighted by molar-refractivity contribution is -0.386. The molecule has 0 saturated carbocycles. The number of anilines is 1. The van der Waals surface area contributed by atoms with Crippen LogP contribution in [0.25, 0.3) is 10.9 Å². The molecule has 0 amide bonds. The van der Waals surface area contributed by atoms with Gasteiger partial charge in [-0.2, -0.15) is 0 Å². The van der Waals surface area contributed by atoms with Crippen molar-refractivity contribution in [3.05, 3.63) is 64.2 Å². The molecule has 116 valence electrons. The summed E-state index contributed by atoms with van der Waals surface area (Å²) in [5.74, 6) is -0.294. The largest absolute Gasteiger partial charge is 0.479 e. The van der Waals surface area contributed by atoms with Gasteiger partial charge in [0.1, 0.15) is 18.2 Å². The molecule has 0 saturated heterocycles. The highest BCUT2D eigenvalue weighted by molar-refractivity contribution is 5.87. The van der Waals surface area contributed by atoms with E-state index in [1.807, 2.05) is 6.07 Å². The van der Waals surface area contributed by atoms with E-state index in [9.17, 15) is 14.5 Å². The number of hydrogen-bond donors (Lipinski definition) is 1. The minimum Gasteiger partial charge on any atom is -0.479 e. The molecule has 2 N–H and O–H groups in total. The lowest BCUT2D eigenvalue weighted by Gasteiger charge is -2.08. The molecule has 7 nitrogen and oxygen atoms in total. The highest BCUT2D eigenvalue weighted by Gasteiger charge is 2.16. The van der Waals surface area contributed by atoms with Crippen molar-refractivity contribution in [2.24, 2.45) is 0 Å². The number of nitrogens with zero attached hydrogens (tertiary/aromatic N) is 3. The average Bonchev–Trinajstić information content (AvgIpc) is 2.53. The van der Waals surface area contributed by atoms with Gasteiger partial charge in [0.05, 0.1) is 10.4 Å². The molecule has 0 fully saturated rings. The third-order valence-corrected chi connectivity index (χ3v) is 3.15. The summed E-state index contributed by atoms with van der Waals surface area (Å²) in [6.45, 7) is -0.167. The smallest absolute Gasteiger partial charge is 0.311 e. The van der Waals surface area contributed by atoms with Crippen molar-refractivity contribution in [1.82, 2.24) is 9.97 Å². The van der Waals surface area contributed by atoms with Gasteiger partial charge in [0, 0.05) is 17.5 Å². The second kappa shape index (κ2) is 5.84. The van der Waals surface area contributed by atoms with Gasteiger partial charge in [-0.25, -0.2) is 14.4 Å². The van der Waals surface area contributed by atoms with Gasteiger partial charge in [-0.1, -0.05) is 12.1 Å². The van der Waals surface area contributed by atoms with Crippen molar-refractivity contribution in [1.29, 1.82) is 0 Å². The van der Waals surface area contributed by atoms with Crippen LogP contribution in [-0.4, -0.2) is 14.9 Å². The van der Waals surface area contributed by atoms with E-state index in [1.165, 1.54) is 0 Å². The highest BCUT2D eigenvalue weighted by atomic mass is 19.1. The number of benzene rings is 2. The first-order valence-electron chi connectivity index (χ1n) is 6.62. The fraction of sp³-hybridized carbons (Fsp3) is 0.0667. The number of halogens is 1. The number of nitrogens with two attached hydrogens (primary N) is 1. The van der Waals surface area contributed by atoms with Gasteiger partial charge in [-0.15, -0.1) is 0 Å². The molecule has 3 rings (SSSR count). The molecule has 23 heavy (non-hydrogen) atoms. The van der Waals surface area contributed by atoms with Crippen molar-refractivity contribution < 1.29 is 14.1 Å². The maximum absolute atomic E-state index is 13.3. The summed E-state index contributed by atoms with van der Waals surface area (Å²) in [7, 11) is 0. The summed E-state index contributed by atoms with van der Waals surface area (Å²) in [5, 5.41) is 11.6. The number of hydrogen-bond acceptors (Lipinski definition) is 6.